The van der Waals surface area contributed by atoms with Gasteiger partial charge < -0.3 is 15.4 Å². The first kappa shape index (κ1) is 13.9. The molecular formula is C13H22N2O2. The Balaban J connectivity index is 2.43. The van der Waals surface area contributed by atoms with Gasteiger partial charge in [0, 0.05) is 31.5 Å². The van der Waals surface area contributed by atoms with Crippen molar-refractivity contribution in [3.63, 3.8) is 0 Å². The predicted molar refractivity (Wildman–Crippen MR) is 67.6 cm³/mol. The summed E-state index contributed by atoms with van der Waals surface area (Å²) in [5.41, 5.74) is -0.450. The lowest BCUT2D eigenvalue weighted by atomic mass is 10.0. The van der Waals surface area contributed by atoms with Crippen molar-refractivity contribution >= 4 is 6.09 Å². The minimum Gasteiger partial charge on any atom is -0.444 e. The highest BCUT2D eigenvalue weighted by molar-refractivity contribution is 5.68. The van der Waals surface area contributed by atoms with Crippen LogP contribution in [0.3, 0.4) is 0 Å². The van der Waals surface area contributed by atoms with E-state index in [9.17, 15) is 4.79 Å². The van der Waals surface area contributed by atoms with Crippen molar-refractivity contribution in [3.8, 4) is 11.8 Å². The molecule has 4 heteroatoms. The van der Waals surface area contributed by atoms with Gasteiger partial charge in [0.1, 0.15) is 5.60 Å². The third-order valence-corrected chi connectivity index (χ3v) is 2.58. The number of carbonyl (C=O) groups is 1. The van der Waals surface area contributed by atoms with E-state index >= 15 is 0 Å². The summed E-state index contributed by atoms with van der Waals surface area (Å²) in [6, 6.07) is 0.116. The van der Waals surface area contributed by atoms with E-state index in [0.29, 0.717) is 5.92 Å². The zero-order chi connectivity index (χ0) is 12.9. The molecule has 0 aliphatic carbocycles. The fourth-order valence-electron chi connectivity index (χ4n) is 1.81. The van der Waals surface area contributed by atoms with Crippen LogP contribution in [0, 0.1) is 17.8 Å². The molecule has 0 aromatic carbocycles. The van der Waals surface area contributed by atoms with Gasteiger partial charge in [-0.2, -0.15) is 0 Å². The van der Waals surface area contributed by atoms with Crippen molar-refractivity contribution in [1.29, 1.82) is 0 Å². The van der Waals surface area contributed by atoms with Gasteiger partial charge in [-0.25, -0.2) is 4.79 Å². The Hall–Kier alpha value is -1.21. The number of alkyl carbamates (subject to hydrolysis) is 1. The third kappa shape index (κ3) is 5.10. The molecule has 0 aromatic rings. The Kier molecular flexibility index (Phi) is 4.83. The van der Waals surface area contributed by atoms with Crippen LogP contribution < -0.4 is 10.6 Å². The number of rotatable bonds is 2. The summed E-state index contributed by atoms with van der Waals surface area (Å²) in [6.07, 6.45) is 0.463. The van der Waals surface area contributed by atoms with Crippen molar-refractivity contribution in [2.24, 2.45) is 5.92 Å². The molecule has 17 heavy (non-hydrogen) atoms. The molecule has 1 saturated heterocycles. The predicted octanol–water partition coefficient (Wildman–Crippen LogP) is 1.51. The highest BCUT2D eigenvalue weighted by atomic mass is 16.6. The molecule has 0 bridgehead atoms. The zero-order valence-electron chi connectivity index (χ0n) is 11.1. The van der Waals surface area contributed by atoms with Gasteiger partial charge in [-0.05, 0) is 27.7 Å². The van der Waals surface area contributed by atoms with Gasteiger partial charge in [0.15, 0.2) is 0 Å². The van der Waals surface area contributed by atoms with E-state index in [1.165, 1.54) is 0 Å². The molecule has 1 rings (SSSR count). The number of hydrogen-bond acceptors (Lipinski definition) is 3. The molecule has 0 aromatic heterocycles. The quantitative estimate of drug-likeness (QED) is 0.717. The number of carbonyl (C=O) groups excluding carboxylic acids is 1. The second-order valence-electron chi connectivity index (χ2n) is 5.30. The number of nitrogens with one attached hydrogen (secondary N) is 2. The molecule has 1 amide bonds. The first-order valence-electron chi connectivity index (χ1n) is 6.02. The zero-order valence-corrected chi connectivity index (χ0v) is 11.1. The summed E-state index contributed by atoms with van der Waals surface area (Å²) < 4.78 is 5.24. The van der Waals surface area contributed by atoms with Crippen LogP contribution in [-0.2, 0) is 4.74 Å². The van der Waals surface area contributed by atoms with Crippen LogP contribution in [0.5, 0.6) is 0 Å². The van der Waals surface area contributed by atoms with Crippen LogP contribution in [0.4, 0.5) is 4.79 Å². The highest BCUT2D eigenvalue weighted by Gasteiger charge is 2.29. The van der Waals surface area contributed by atoms with Crippen molar-refractivity contribution in [2.75, 3.05) is 13.1 Å². The smallest absolute Gasteiger partial charge is 0.407 e. The van der Waals surface area contributed by atoms with Crippen molar-refractivity contribution < 1.29 is 9.53 Å². The second kappa shape index (κ2) is 5.92. The maximum absolute atomic E-state index is 11.6. The van der Waals surface area contributed by atoms with Crippen LogP contribution in [0.2, 0.25) is 0 Å². The minimum absolute atomic E-state index is 0.116. The summed E-state index contributed by atoms with van der Waals surface area (Å²) in [7, 11) is 0. The van der Waals surface area contributed by atoms with Crippen LogP contribution in [0.1, 0.15) is 34.1 Å². The van der Waals surface area contributed by atoms with Gasteiger partial charge in [0.25, 0.3) is 0 Å². The van der Waals surface area contributed by atoms with Crippen molar-refractivity contribution in [1.82, 2.24) is 10.6 Å². The van der Waals surface area contributed by atoms with Crippen LogP contribution in [-0.4, -0.2) is 30.8 Å². The van der Waals surface area contributed by atoms with Crippen LogP contribution >= 0.6 is 0 Å². The molecule has 2 N–H and O–H groups in total. The lowest BCUT2D eigenvalue weighted by molar-refractivity contribution is 0.0498. The lowest BCUT2D eigenvalue weighted by Gasteiger charge is -2.23. The molecule has 1 aliphatic heterocycles. The first-order chi connectivity index (χ1) is 7.92. The Morgan fingerprint density at radius 1 is 1.47 bits per heavy atom. The Labute approximate surface area is 103 Å². The third-order valence-electron chi connectivity index (χ3n) is 2.58. The van der Waals surface area contributed by atoms with E-state index in [1.807, 2.05) is 27.7 Å². The van der Waals surface area contributed by atoms with E-state index in [0.717, 1.165) is 19.5 Å². The second-order valence-corrected chi connectivity index (χ2v) is 5.30. The van der Waals surface area contributed by atoms with E-state index in [1.54, 1.807) is 0 Å². The van der Waals surface area contributed by atoms with Gasteiger partial charge in [0.05, 0.1) is 0 Å². The fourth-order valence-corrected chi connectivity index (χ4v) is 1.81. The standard InChI is InChI=1S/C13H22N2O2/c1-5-6-7-10-8-14-9-11(10)15-12(16)17-13(2,3)4/h10-11,14H,7-9H2,1-4H3,(H,15,16)/t10-,11+/m0/s1. The van der Waals surface area contributed by atoms with Gasteiger partial charge in [-0.15, -0.1) is 11.8 Å². The minimum atomic E-state index is -0.450. The van der Waals surface area contributed by atoms with E-state index in [2.05, 4.69) is 22.5 Å². The Morgan fingerprint density at radius 3 is 2.76 bits per heavy atom. The summed E-state index contributed by atoms with van der Waals surface area (Å²) >= 11 is 0. The van der Waals surface area contributed by atoms with Gasteiger partial charge in [-0.1, -0.05) is 0 Å². The normalized spacial score (nSPS) is 23.8. The number of amides is 1. The SMILES string of the molecule is CC#CC[C@H]1CNC[C@H]1NC(=O)OC(C)(C)C. The lowest BCUT2D eigenvalue weighted by Crippen LogP contribution is -2.43. The topological polar surface area (TPSA) is 50.4 Å². The summed E-state index contributed by atoms with van der Waals surface area (Å²) in [6.45, 7) is 9.10. The highest BCUT2D eigenvalue weighted by Crippen LogP contribution is 2.14. The summed E-state index contributed by atoms with van der Waals surface area (Å²) in [5.74, 6) is 6.31. The monoisotopic (exact) mass is 238 g/mol. The largest absolute Gasteiger partial charge is 0.444 e. The molecule has 0 saturated carbocycles. The molecular weight excluding hydrogens is 216 g/mol. The molecule has 2 atom stereocenters. The van der Waals surface area contributed by atoms with E-state index < -0.39 is 5.60 Å². The van der Waals surface area contributed by atoms with Gasteiger partial charge >= 0.3 is 6.09 Å². The van der Waals surface area contributed by atoms with Crippen molar-refractivity contribution in [3.05, 3.63) is 0 Å². The maximum Gasteiger partial charge on any atom is 0.407 e. The molecule has 4 nitrogen and oxygen atoms in total. The maximum atomic E-state index is 11.6. The molecule has 0 spiro atoms. The van der Waals surface area contributed by atoms with Gasteiger partial charge in [0.2, 0.25) is 0 Å². The molecule has 1 fully saturated rings. The molecule has 0 unspecified atom stereocenters. The summed E-state index contributed by atoms with van der Waals surface area (Å²) in [5, 5.41) is 6.16. The molecule has 1 aliphatic rings. The average molecular weight is 238 g/mol. The molecule has 1 heterocycles. The number of hydrogen-bond donors (Lipinski definition) is 2. The van der Waals surface area contributed by atoms with E-state index in [4.69, 9.17) is 4.74 Å². The molecule has 0 radical (unpaired) electrons. The average Bonchev–Trinajstić information content (AvgIpc) is 2.59. The van der Waals surface area contributed by atoms with Crippen LogP contribution in [0.25, 0.3) is 0 Å². The van der Waals surface area contributed by atoms with E-state index in [-0.39, 0.29) is 12.1 Å². The first-order valence-corrected chi connectivity index (χ1v) is 6.02. The molecule has 96 valence electrons. The van der Waals surface area contributed by atoms with Crippen LogP contribution in [0.15, 0.2) is 0 Å². The summed E-state index contributed by atoms with van der Waals surface area (Å²) in [4.78, 5) is 11.6. The Morgan fingerprint density at radius 2 is 2.18 bits per heavy atom. The number of ether oxygens (including phenoxy) is 1. The van der Waals surface area contributed by atoms with Crippen molar-refractivity contribution in [2.45, 2.75) is 45.8 Å². The van der Waals surface area contributed by atoms with Gasteiger partial charge in [-0.3, -0.25) is 0 Å². The fraction of sp³-hybridized carbons (Fsp3) is 0.769. The Bertz CT molecular complexity index is 323.